The SMILES string of the molecule is CCO[C@H]1C[C@@H](O)C12CCN(c1ccc(F)cc1C#N)CC2. The summed E-state index contributed by atoms with van der Waals surface area (Å²) in [4.78, 5) is 2.11. The van der Waals surface area contributed by atoms with Crippen LogP contribution in [0.15, 0.2) is 18.2 Å². The van der Waals surface area contributed by atoms with Gasteiger partial charge in [-0.05, 0) is 38.0 Å². The summed E-state index contributed by atoms with van der Waals surface area (Å²) in [6.45, 7) is 4.15. The molecule has 0 radical (unpaired) electrons. The zero-order valence-corrected chi connectivity index (χ0v) is 12.8. The number of benzene rings is 1. The topological polar surface area (TPSA) is 56.5 Å². The van der Waals surface area contributed by atoms with E-state index in [1.807, 2.05) is 6.92 Å². The van der Waals surface area contributed by atoms with Gasteiger partial charge in [0.05, 0.1) is 23.5 Å². The van der Waals surface area contributed by atoms with Gasteiger partial charge in [-0.1, -0.05) is 0 Å². The molecule has 2 aliphatic rings. The van der Waals surface area contributed by atoms with Gasteiger partial charge in [0.2, 0.25) is 0 Å². The third-order valence-corrected chi connectivity index (χ3v) is 5.22. The quantitative estimate of drug-likeness (QED) is 0.932. The molecule has 1 aliphatic carbocycles. The smallest absolute Gasteiger partial charge is 0.124 e. The van der Waals surface area contributed by atoms with Crippen LogP contribution in [0.1, 0.15) is 31.7 Å². The molecule has 0 amide bonds. The van der Waals surface area contributed by atoms with Crippen molar-refractivity contribution in [1.82, 2.24) is 0 Å². The summed E-state index contributed by atoms with van der Waals surface area (Å²) in [6.07, 6.45) is 2.23. The second kappa shape index (κ2) is 5.86. The van der Waals surface area contributed by atoms with Crippen molar-refractivity contribution in [2.75, 3.05) is 24.6 Å². The summed E-state index contributed by atoms with van der Waals surface area (Å²) >= 11 is 0. The Kier molecular flexibility index (Phi) is 4.07. The average molecular weight is 304 g/mol. The van der Waals surface area contributed by atoms with Crippen molar-refractivity contribution in [1.29, 1.82) is 5.26 Å². The number of halogens is 1. The van der Waals surface area contributed by atoms with Crippen molar-refractivity contribution in [3.05, 3.63) is 29.6 Å². The first-order valence-corrected chi connectivity index (χ1v) is 7.85. The Hall–Kier alpha value is -1.64. The average Bonchev–Trinajstić information content (AvgIpc) is 2.55. The molecule has 1 aromatic carbocycles. The van der Waals surface area contributed by atoms with Crippen molar-refractivity contribution in [2.24, 2.45) is 5.41 Å². The highest BCUT2D eigenvalue weighted by Crippen LogP contribution is 2.51. The maximum Gasteiger partial charge on any atom is 0.124 e. The van der Waals surface area contributed by atoms with Crippen LogP contribution in [0.2, 0.25) is 0 Å². The van der Waals surface area contributed by atoms with E-state index >= 15 is 0 Å². The van der Waals surface area contributed by atoms with Crippen molar-refractivity contribution < 1.29 is 14.2 Å². The largest absolute Gasteiger partial charge is 0.392 e. The molecule has 5 heteroatoms. The van der Waals surface area contributed by atoms with Crippen molar-refractivity contribution in [2.45, 2.75) is 38.4 Å². The fourth-order valence-corrected chi connectivity index (χ4v) is 3.85. The zero-order valence-electron chi connectivity index (χ0n) is 12.8. The highest BCUT2D eigenvalue weighted by atomic mass is 19.1. The Morgan fingerprint density at radius 2 is 2.18 bits per heavy atom. The molecule has 2 atom stereocenters. The van der Waals surface area contributed by atoms with Gasteiger partial charge in [0.15, 0.2) is 0 Å². The summed E-state index contributed by atoms with van der Waals surface area (Å²) < 4.78 is 19.0. The van der Waals surface area contributed by atoms with Gasteiger partial charge >= 0.3 is 0 Å². The van der Waals surface area contributed by atoms with Crippen LogP contribution in [0, 0.1) is 22.6 Å². The molecule has 118 valence electrons. The number of nitriles is 1. The molecule has 1 saturated heterocycles. The first kappa shape index (κ1) is 15.3. The van der Waals surface area contributed by atoms with Crippen LogP contribution in [-0.4, -0.2) is 37.0 Å². The highest BCUT2D eigenvalue weighted by molar-refractivity contribution is 5.59. The highest BCUT2D eigenvalue weighted by Gasteiger charge is 2.56. The van der Waals surface area contributed by atoms with Gasteiger partial charge in [0.25, 0.3) is 0 Å². The summed E-state index contributed by atoms with van der Waals surface area (Å²) in [7, 11) is 0. The second-order valence-electron chi connectivity index (χ2n) is 6.19. The lowest BCUT2D eigenvalue weighted by molar-refractivity contribution is -0.199. The Balaban J connectivity index is 1.74. The molecule has 1 spiro atoms. The molecule has 1 N–H and O–H groups in total. The van der Waals surface area contributed by atoms with E-state index < -0.39 is 0 Å². The minimum Gasteiger partial charge on any atom is -0.392 e. The van der Waals surface area contributed by atoms with E-state index in [1.165, 1.54) is 12.1 Å². The van der Waals surface area contributed by atoms with Crippen LogP contribution in [0.4, 0.5) is 10.1 Å². The number of anilines is 1. The number of aliphatic hydroxyl groups excluding tert-OH is 1. The molecule has 1 aromatic rings. The lowest BCUT2D eigenvalue weighted by atomic mass is 9.58. The number of piperidine rings is 1. The predicted molar refractivity (Wildman–Crippen MR) is 81.0 cm³/mol. The van der Waals surface area contributed by atoms with Gasteiger partial charge in [0.1, 0.15) is 11.9 Å². The molecular formula is C17H21FN2O2. The standard InChI is InChI=1S/C17H21FN2O2/c1-2-22-16-10-15(21)17(16)5-7-20(8-6-17)14-4-3-13(18)9-12(14)11-19/h3-4,9,15-16,21H,2,5-8,10H2,1H3/t15-,16+/m1/s1. The molecule has 3 rings (SSSR count). The molecule has 1 heterocycles. The number of hydrogen-bond donors (Lipinski definition) is 1. The normalized spacial score (nSPS) is 26.5. The Labute approximate surface area is 130 Å². The molecule has 0 aromatic heterocycles. The van der Waals surface area contributed by atoms with Crippen LogP contribution >= 0.6 is 0 Å². The molecule has 1 aliphatic heterocycles. The second-order valence-corrected chi connectivity index (χ2v) is 6.19. The van der Waals surface area contributed by atoms with E-state index in [2.05, 4.69) is 11.0 Å². The van der Waals surface area contributed by atoms with Gasteiger partial charge in [-0.25, -0.2) is 4.39 Å². The molecular weight excluding hydrogens is 283 g/mol. The third kappa shape index (κ3) is 2.37. The molecule has 0 unspecified atom stereocenters. The Morgan fingerprint density at radius 3 is 2.77 bits per heavy atom. The summed E-state index contributed by atoms with van der Waals surface area (Å²) in [6, 6.07) is 6.40. The first-order chi connectivity index (χ1) is 10.6. The van der Waals surface area contributed by atoms with E-state index in [-0.39, 0.29) is 23.4 Å². The monoisotopic (exact) mass is 304 g/mol. The number of rotatable bonds is 3. The number of hydrogen-bond acceptors (Lipinski definition) is 4. The van der Waals surface area contributed by atoms with Crippen LogP contribution in [0.5, 0.6) is 0 Å². The van der Waals surface area contributed by atoms with Gasteiger partial charge in [0, 0.05) is 31.5 Å². The van der Waals surface area contributed by atoms with Crippen LogP contribution < -0.4 is 4.90 Å². The minimum atomic E-state index is -0.389. The van der Waals surface area contributed by atoms with Gasteiger partial charge in [-0.3, -0.25) is 0 Å². The van der Waals surface area contributed by atoms with Gasteiger partial charge in [-0.15, -0.1) is 0 Å². The third-order valence-electron chi connectivity index (χ3n) is 5.22. The number of nitrogens with zero attached hydrogens (tertiary/aromatic N) is 2. The lowest BCUT2D eigenvalue weighted by Crippen LogP contribution is -2.62. The molecule has 4 nitrogen and oxygen atoms in total. The van der Waals surface area contributed by atoms with Crippen LogP contribution in [0.3, 0.4) is 0 Å². The molecule has 1 saturated carbocycles. The van der Waals surface area contributed by atoms with Gasteiger partial charge in [-0.2, -0.15) is 5.26 Å². The van der Waals surface area contributed by atoms with E-state index in [9.17, 15) is 14.8 Å². The molecule has 2 fully saturated rings. The number of aliphatic hydroxyl groups is 1. The Bertz CT molecular complexity index is 589. The maximum atomic E-state index is 13.3. The summed E-state index contributed by atoms with van der Waals surface area (Å²) in [5.41, 5.74) is 1.01. The maximum absolute atomic E-state index is 13.3. The first-order valence-electron chi connectivity index (χ1n) is 7.85. The fourth-order valence-electron chi connectivity index (χ4n) is 3.85. The minimum absolute atomic E-state index is 0.137. The van der Waals surface area contributed by atoms with Crippen LogP contribution in [-0.2, 0) is 4.74 Å². The zero-order chi connectivity index (χ0) is 15.7. The number of ether oxygens (including phenoxy) is 1. The van der Waals surface area contributed by atoms with Gasteiger partial charge < -0.3 is 14.7 Å². The fraction of sp³-hybridized carbons (Fsp3) is 0.588. The van der Waals surface area contributed by atoms with E-state index in [1.54, 1.807) is 6.07 Å². The van der Waals surface area contributed by atoms with E-state index in [0.29, 0.717) is 18.6 Å². The van der Waals surface area contributed by atoms with Crippen LogP contribution in [0.25, 0.3) is 0 Å². The lowest BCUT2D eigenvalue weighted by Gasteiger charge is -2.57. The molecule has 0 bridgehead atoms. The van der Waals surface area contributed by atoms with Crippen molar-refractivity contribution >= 4 is 5.69 Å². The van der Waals surface area contributed by atoms with Crippen molar-refractivity contribution in [3.8, 4) is 6.07 Å². The predicted octanol–water partition coefficient (Wildman–Crippen LogP) is 2.45. The summed E-state index contributed by atoms with van der Waals surface area (Å²) in [5.74, 6) is -0.389. The summed E-state index contributed by atoms with van der Waals surface area (Å²) in [5, 5.41) is 19.4. The van der Waals surface area contributed by atoms with E-state index in [0.717, 1.165) is 31.6 Å². The molecule has 22 heavy (non-hydrogen) atoms. The van der Waals surface area contributed by atoms with E-state index in [4.69, 9.17) is 4.74 Å². The van der Waals surface area contributed by atoms with Crippen molar-refractivity contribution in [3.63, 3.8) is 0 Å². The Morgan fingerprint density at radius 1 is 1.45 bits per heavy atom.